The molecule has 18 heavy (non-hydrogen) atoms. The van der Waals surface area contributed by atoms with Gasteiger partial charge >= 0.3 is 0 Å². The zero-order chi connectivity index (χ0) is 12.4. The van der Waals surface area contributed by atoms with Crippen molar-refractivity contribution in [2.24, 2.45) is 7.05 Å². The number of aromatic nitrogens is 4. The van der Waals surface area contributed by atoms with Gasteiger partial charge in [-0.05, 0) is 12.8 Å². The first kappa shape index (κ1) is 11.4. The molecule has 0 bridgehead atoms. The Morgan fingerprint density at radius 3 is 3.00 bits per heavy atom. The van der Waals surface area contributed by atoms with Crippen molar-refractivity contribution in [1.29, 1.82) is 0 Å². The Balaban J connectivity index is 1.64. The van der Waals surface area contributed by atoms with Crippen LogP contribution in [0.25, 0.3) is 11.6 Å². The van der Waals surface area contributed by atoms with Crippen molar-refractivity contribution in [3.05, 3.63) is 18.3 Å². The fraction of sp³-hybridized carbons (Fsp3) is 0.583. The number of rotatable bonds is 4. The van der Waals surface area contributed by atoms with Crippen molar-refractivity contribution in [3.63, 3.8) is 0 Å². The summed E-state index contributed by atoms with van der Waals surface area (Å²) in [6.07, 6.45) is 8.73. The van der Waals surface area contributed by atoms with E-state index in [-0.39, 0.29) is 0 Å². The summed E-state index contributed by atoms with van der Waals surface area (Å²) in [6.45, 7) is 0.641. The SMILES string of the molecule is Cn1ccnc1-c1noc(CNC2CCCC2)n1. The lowest BCUT2D eigenvalue weighted by Crippen LogP contribution is -2.25. The fourth-order valence-electron chi connectivity index (χ4n) is 2.36. The smallest absolute Gasteiger partial charge is 0.241 e. The van der Waals surface area contributed by atoms with E-state index in [9.17, 15) is 0 Å². The Hall–Kier alpha value is -1.69. The zero-order valence-electron chi connectivity index (χ0n) is 10.5. The van der Waals surface area contributed by atoms with Gasteiger partial charge in [0, 0.05) is 25.5 Å². The number of hydrogen-bond donors (Lipinski definition) is 1. The van der Waals surface area contributed by atoms with Crippen molar-refractivity contribution in [2.45, 2.75) is 38.3 Å². The van der Waals surface area contributed by atoms with Gasteiger partial charge in [-0.3, -0.25) is 0 Å². The third-order valence-corrected chi connectivity index (χ3v) is 3.39. The molecule has 96 valence electrons. The van der Waals surface area contributed by atoms with Crippen LogP contribution in [0.15, 0.2) is 16.9 Å². The second-order valence-corrected chi connectivity index (χ2v) is 4.74. The average Bonchev–Trinajstić information content (AvgIpc) is 3.07. The van der Waals surface area contributed by atoms with Crippen molar-refractivity contribution in [1.82, 2.24) is 25.0 Å². The molecule has 0 atom stereocenters. The van der Waals surface area contributed by atoms with Crippen LogP contribution < -0.4 is 5.32 Å². The highest BCUT2D eigenvalue weighted by atomic mass is 16.5. The molecule has 0 unspecified atom stereocenters. The number of aryl methyl sites for hydroxylation is 1. The minimum absolute atomic E-state index is 0.547. The van der Waals surface area contributed by atoms with Crippen LogP contribution in [0.3, 0.4) is 0 Å². The molecule has 0 amide bonds. The van der Waals surface area contributed by atoms with Crippen molar-refractivity contribution in [2.75, 3.05) is 0 Å². The molecular weight excluding hydrogens is 230 g/mol. The van der Waals surface area contributed by atoms with Gasteiger partial charge in [-0.25, -0.2) is 4.98 Å². The molecule has 1 aliphatic carbocycles. The Kier molecular flexibility index (Phi) is 3.10. The second kappa shape index (κ2) is 4.89. The maximum atomic E-state index is 5.23. The van der Waals surface area contributed by atoms with E-state index in [1.165, 1.54) is 25.7 Å². The quantitative estimate of drug-likeness (QED) is 0.886. The lowest BCUT2D eigenvalue weighted by molar-refractivity contribution is 0.357. The Morgan fingerprint density at radius 2 is 2.28 bits per heavy atom. The molecule has 1 aliphatic rings. The lowest BCUT2D eigenvalue weighted by atomic mass is 10.2. The summed E-state index contributed by atoms with van der Waals surface area (Å²) in [5, 5.41) is 7.40. The van der Waals surface area contributed by atoms with Crippen LogP contribution in [0.4, 0.5) is 0 Å². The molecule has 6 nitrogen and oxygen atoms in total. The second-order valence-electron chi connectivity index (χ2n) is 4.74. The minimum atomic E-state index is 0.547. The minimum Gasteiger partial charge on any atom is -0.337 e. The highest BCUT2D eigenvalue weighted by molar-refractivity contribution is 5.42. The maximum absolute atomic E-state index is 5.23. The third kappa shape index (κ3) is 2.28. The summed E-state index contributed by atoms with van der Waals surface area (Å²) < 4.78 is 7.10. The summed E-state index contributed by atoms with van der Waals surface area (Å²) in [7, 11) is 1.91. The van der Waals surface area contributed by atoms with Crippen LogP contribution in [-0.2, 0) is 13.6 Å². The number of nitrogens with one attached hydrogen (secondary N) is 1. The molecule has 6 heteroatoms. The van der Waals surface area contributed by atoms with Crippen LogP contribution in [0.2, 0.25) is 0 Å². The average molecular weight is 247 g/mol. The van der Waals surface area contributed by atoms with Crippen LogP contribution in [0.1, 0.15) is 31.6 Å². The van der Waals surface area contributed by atoms with E-state index in [0.29, 0.717) is 24.3 Å². The summed E-state index contributed by atoms with van der Waals surface area (Å²) in [6, 6.07) is 0.605. The van der Waals surface area contributed by atoms with Gasteiger partial charge in [0.1, 0.15) is 0 Å². The van der Waals surface area contributed by atoms with Gasteiger partial charge in [0.15, 0.2) is 5.82 Å². The number of nitrogens with zero attached hydrogens (tertiary/aromatic N) is 4. The van der Waals surface area contributed by atoms with E-state index in [4.69, 9.17) is 4.52 Å². The predicted molar refractivity (Wildman–Crippen MR) is 65.6 cm³/mol. The summed E-state index contributed by atoms with van der Waals surface area (Å²) in [4.78, 5) is 8.55. The maximum Gasteiger partial charge on any atom is 0.241 e. The largest absolute Gasteiger partial charge is 0.337 e. The molecule has 2 aromatic heterocycles. The summed E-state index contributed by atoms with van der Waals surface area (Å²) >= 11 is 0. The number of hydrogen-bond acceptors (Lipinski definition) is 5. The van der Waals surface area contributed by atoms with Gasteiger partial charge < -0.3 is 14.4 Å². The molecule has 0 saturated heterocycles. The van der Waals surface area contributed by atoms with E-state index in [0.717, 1.165) is 5.82 Å². The van der Waals surface area contributed by atoms with Gasteiger partial charge in [0.05, 0.1) is 6.54 Å². The van der Waals surface area contributed by atoms with E-state index >= 15 is 0 Å². The molecule has 1 saturated carbocycles. The van der Waals surface area contributed by atoms with Gasteiger partial charge in [-0.2, -0.15) is 4.98 Å². The topological polar surface area (TPSA) is 68.8 Å². The lowest BCUT2D eigenvalue weighted by Gasteiger charge is -2.08. The normalized spacial score (nSPS) is 16.5. The molecule has 0 spiro atoms. The van der Waals surface area contributed by atoms with Crippen LogP contribution in [-0.4, -0.2) is 25.7 Å². The highest BCUT2D eigenvalue weighted by Crippen LogP contribution is 2.18. The van der Waals surface area contributed by atoms with Crippen LogP contribution in [0, 0.1) is 0 Å². The Labute approximate surface area is 105 Å². The van der Waals surface area contributed by atoms with E-state index < -0.39 is 0 Å². The molecule has 0 aromatic carbocycles. The van der Waals surface area contributed by atoms with Crippen LogP contribution in [0.5, 0.6) is 0 Å². The van der Waals surface area contributed by atoms with Crippen LogP contribution >= 0.6 is 0 Å². The number of imidazole rings is 1. The van der Waals surface area contributed by atoms with Gasteiger partial charge in [-0.15, -0.1) is 0 Å². The molecule has 0 aliphatic heterocycles. The van der Waals surface area contributed by atoms with Gasteiger partial charge in [-0.1, -0.05) is 18.0 Å². The van der Waals surface area contributed by atoms with Crippen molar-refractivity contribution < 1.29 is 4.52 Å². The monoisotopic (exact) mass is 247 g/mol. The predicted octanol–water partition coefficient (Wildman–Crippen LogP) is 1.50. The van der Waals surface area contributed by atoms with Gasteiger partial charge in [0.2, 0.25) is 11.7 Å². The van der Waals surface area contributed by atoms with Gasteiger partial charge in [0.25, 0.3) is 0 Å². The Bertz CT molecular complexity index is 512. The molecule has 2 heterocycles. The first-order valence-electron chi connectivity index (χ1n) is 6.36. The third-order valence-electron chi connectivity index (χ3n) is 3.39. The Morgan fingerprint density at radius 1 is 1.44 bits per heavy atom. The first-order valence-corrected chi connectivity index (χ1v) is 6.36. The zero-order valence-corrected chi connectivity index (χ0v) is 10.5. The van der Waals surface area contributed by atoms with Crippen molar-refractivity contribution >= 4 is 0 Å². The first-order chi connectivity index (χ1) is 8.83. The molecule has 3 rings (SSSR count). The van der Waals surface area contributed by atoms with E-state index in [1.54, 1.807) is 6.20 Å². The molecule has 0 radical (unpaired) electrons. The summed E-state index contributed by atoms with van der Waals surface area (Å²) in [5.74, 6) is 1.90. The molecule has 1 N–H and O–H groups in total. The van der Waals surface area contributed by atoms with E-state index in [1.807, 2.05) is 17.8 Å². The molecule has 1 fully saturated rings. The molecule has 2 aromatic rings. The molecular formula is C12H17N5O. The van der Waals surface area contributed by atoms with Crippen molar-refractivity contribution in [3.8, 4) is 11.6 Å². The standard InChI is InChI=1S/C12H17N5O/c1-17-7-6-13-12(17)11-15-10(18-16-11)8-14-9-4-2-3-5-9/h6-7,9,14H,2-5,8H2,1H3. The summed E-state index contributed by atoms with van der Waals surface area (Å²) in [5.41, 5.74) is 0. The highest BCUT2D eigenvalue weighted by Gasteiger charge is 2.16. The fourth-order valence-corrected chi connectivity index (χ4v) is 2.36. The van der Waals surface area contributed by atoms with E-state index in [2.05, 4.69) is 20.4 Å².